The number of carbonyl (C=O) groups excluding carboxylic acids is 1. The van der Waals surface area contributed by atoms with Crippen molar-refractivity contribution >= 4 is 11.7 Å². The van der Waals surface area contributed by atoms with Crippen LogP contribution in [0.2, 0.25) is 0 Å². The molecule has 1 fully saturated rings. The molecule has 7 nitrogen and oxygen atoms in total. The topological polar surface area (TPSA) is 79.5 Å². The molecule has 2 heterocycles. The molecule has 0 bridgehead atoms. The molecule has 3 aromatic rings. The van der Waals surface area contributed by atoms with Crippen LogP contribution in [0.4, 0.5) is 5.82 Å². The highest BCUT2D eigenvalue weighted by Gasteiger charge is 2.23. The number of hydrogen-bond acceptors (Lipinski definition) is 5. The standard InChI is InChI=1S/C24H28N4O3/c1-30-20-9-5-17(6-10-20)14-24(29)25-19-4-3-13-28(16-19)23-15-22(26-27-23)18-7-11-21(31-2)12-8-18/h5-12,15,19H,3-4,13-14,16H2,1-2H3,(H,25,29)(H,26,27)/t19-/m1/s1. The Kier molecular flexibility index (Phi) is 6.40. The van der Waals surface area contributed by atoms with Crippen molar-refractivity contribution < 1.29 is 14.3 Å². The summed E-state index contributed by atoms with van der Waals surface area (Å²) in [4.78, 5) is 14.8. The van der Waals surface area contributed by atoms with E-state index >= 15 is 0 Å². The second-order valence-electron chi connectivity index (χ2n) is 7.75. The Bertz CT molecular complexity index is 998. The molecule has 1 aliphatic heterocycles. The van der Waals surface area contributed by atoms with E-state index in [2.05, 4.69) is 26.5 Å². The van der Waals surface area contributed by atoms with Crippen LogP contribution in [0, 0.1) is 0 Å². The molecule has 1 atom stereocenters. The summed E-state index contributed by atoms with van der Waals surface area (Å²) in [6.07, 6.45) is 2.35. The van der Waals surface area contributed by atoms with Crippen LogP contribution in [-0.4, -0.2) is 49.5 Å². The van der Waals surface area contributed by atoms with E-state index in [-0.39, 0.29) is 11.9 Å². The second-order valence-corrected chi connectivity index (χ2v) is 7.75. The Hall–Kier alpha value is -3.48. The molecule has 0 radical (unpaired) electrons. The van der Waals surface area contributed by atoms with Crippen molar-refractivity contribution in [2.45, 2.75) is 25.3 Å². The fourth-order valence-electron chi connectivity index (χ4n) is 3.90. The van der Waals surface area contributed by atoms with Crippen LogP contribution in [0.15, 0.2) is 54.6 Å². The van der Waals surface area contributed by atoms with Gasteiger partial charge in [-0.25, -0.2) is 0 Å². The van der Waals surface area contributed by atoms with Gasteiger partial charge in [-0.1, -0.05) is 12.1 Å². The molecule has 0 unspecified atom stereocenters. The zero-order valence-electron chi connectivity index (χ0n) is 17.9. The smallest absolute Gasteiger partial charge is 0.224 e. The molecule has 0 spiro atoms. The molecule has 31 heavy (non-hydrogen) atoms. The minimum Gasteiger partial charge on any atom is -0.497 e. The van der Waals surface area contributed by atoms with Crippen molar-refractivity contribution in [2.75, 3.05) is 32.2 Å². The number of benzene rings is 2. The van der Waals surface area contributed by atoms with Crippen LogP contribution in [0.1, 0.15) is 18.4 Å². The molecular formula is C24H28N4O3. The van der Waals surface area contributed by atoms with E-state index in [0.29, 0.717) is 6.42 Å². The number of nitrogens with one attached hydrogen (secondary N) is 2. The highest BCUT2D eigenvalue weighted by molar-refractivity contribution is 5.79. The highest BCUT2D eigenvalue weighted by Crippen LogP contribution is 2.25. The molecule has 1 amide bonds. The quantitative estimate of drug-likeness (QED) is 0.612. The summed E-state index contributed by atoms with van der Waals surface area (Å²) in [7, 11) is 3.29. The number of piperidine rings is 1. The Morgan fingerprint density at radius 2 is 1.77 bits per heavy atom. The minimum atomic E-state index is 0.0398. The van der Waals surface area contributed by atoms with E-state index in [1.54, 1.807) is 14.2 Å². The van der Waals surface area contributed by atoms with Gasteiger partial charge in [-0.3, -0.25) is 9.89 Å². The molecule has 0 aliphatic carbocycles. The van der Waals surface area contributed by atoms with Crippen molar-refractivity contribution in [1.29, 1.82) is 0 Å². The van der Waals surface area contributed by atoms with Crippen molar-refractivity contribution in [1.82, 2.24) is 15.5 Å². The number of nitrogens with zero attached hydrogens (tertiary/aromatic N) is 2. The van der Waals surface area contributed by atoms with Gasteiger partial charge < -0.3 is 19.7 Å². The van der Waals surface area contributed by atoms with E-state index in [9.17, 15) is 4.79 Å². The molecular weight excluding hydrogens is 392 g/mol. The normalized spacial score (nSPS) is 16.1. The predicted octanol–water partition coefficient (Wildman–Crippen LogP) is 3.42. The number of carbonyl (C=O) groups is 1. The van der Waals surface area contributed by atoms with Crippen LogP contribution in [0.25, 0.3) is 11.3 Å². The maximum Gasteiger partial charge on any atom is 0.224 e. The van der Waals surface area contributed by atoms with E-state index in [4.69, 9.17) is 9.47 Å². The number of amides is 1. The summed E-state index contributed by atoms with van der Waals surface area (Å²) < 4.78 is 10.4. The number of aromatic amines is 1. The minimum absolute atomic E-state index is 0.0398. The number of H-pyrrole nitrogens is 1. The summed E-state index contributed by atoms with van der Waals surface area (Å²) in [5, 5.41) is 10.8. The second kappa shape index (κ2) is 9.55. The Morgan fingerprint density at radius 1 is 1.10 bits per heavy atom. The van der Waals surface area contributed by atoms with Crippen LogP contribution in [0.5, 0.6) is 11.5 Å². The van der Waals surface area contributed by atoms with Gasteiger partial charge in [0.05, 0.1) is 26.3 Å². The zero-order valence-corrected chi connectivity index (χ0v) is 17.9. The fourth-order valence-corrected chi connectivity index (χ4v) is 3.90. The summed E-state index contributed by atoms with van der Waals surface area (Å²) in [6.45, 7) is 1.68. The van der Waals surface area contributed by atoms with Crippen LogP contribution < -0.4 is 19.7 Å². The average molecular weight is 421 g/mol. The predicted molar refractivity (Wildman–Crippen MR) is 121 cm³/mol. The fraction of sp³-hybridized carbons (Fsp3) is 0.333. The van der Waals surface area contributed by atoms with Crippen molar-refractivity contribution in [2.24, 2.45) is 0 Å². The molecule has 1 aliphatic rings. The van der Waals surface area contributed by atoms with Crippen molar-refractivity contribution in [3.8, 4) is 22.8 Å². The third-order valence-electron chi connectivity index (χ3n) is 5.60. The van der Waals surface area contributed by atoms with Crippen molar-refractivity contribution in [3.63, 3.8) is 0 Å². The summed E-state index contributed by atoms with van der Waals surface area (Å²) >= 11 is 0. The third-order valence-corrected chi connectivity index (χ3v) is 5.60. The number of hydrogen-bond donors (Lipinski definition) is 2. The zero-order chi connectivity index (χ0) is 21.6. The van der Waals surface area contributed by atoms with E-state index in [1.165, 1.54) is 0 Å². The van der Waals surface area contributed by atoms with Gasteiger partial charge in [0.1, 0.15) is 11.5 Å². The molecule has 2 N–H and O–H groups in total. The maximum atomic E-state index is 12.5. The van der Waals surface area contributed by atoms with Gasteiger partial charge in [0.25, 0.3) is 0 Å². The molecule has 1 aromatic heterocycles. The number of methoxy groups -OCH3 is 2. The van der Waals surface area contributed by atoms with Gasteiger partial charge in [0, 0.05) is 25.2 Å². The largest absolute Gasteiger partial charge is 0.497 e. The van der Waals surface area contributed by atoms with Gasteiger partial charge in [0.2, 0.25) is 5.91 Å². The van der Waals surface area contributed by atoms with Crippen molar-refractivity contribution in [3.05, 3.63) is 60.2 Å². The van der Waals surface area contributed by atoms with Gasteiger partial charge in [0.15, 0.2) is 5.82 Å². The molecule has 1 saturated heterocycles. The number of ether oxygens (including phenoxy) is 2. The molecule has 7 heteroatoms. The monoisotopic (exact) mass is 420 g/mol. The van der Waals surface area contributed by atoms with Gasteiger partial charge in [-0.2, -0.15) is 5.10 Å². The average Bonchev–Trinajstić information content (AvgIpc) is 3.30. The van der Waals surface area contributed by atoms with Crippen LogP contribution >= 0.6 is 0 Å². The first kappa shape index (κ1) is 20.8. The maximum absolute atomic E-state index is 12.5. The van der Waals surface area contributed by atoms with E-state index < -0.39 is 0 Å². The summed E-state index contributed by atoms with van der Waals surface area (Å²) in [5.41, 5.74) is 2.99. The lowest BCUT2D eigenvalue weighted by Gasteiger charge is -2.33. The molecule has 162 valence electrons. The lowest BCUT2D eigenvalue weighted by molar-refractivity contribution is -0.121. The Labute approximate surface area is 182 Å². The van der Waals surface area contributed by atoms with E-state index in [0.717, 1.165) is 60.1 Å². The number of rotatable bonds is 7. The van der Waals surface area contributed by atoms with Gasteiger partial charge >= 0.3 is 0 Å². The third kappa shape index (κ3) is 5.17. The lowest BCUT2D eigenvalue weighted by atomic mass is 10.0. The first-order valence-corrected chi connectivity index (χ1v) is 10.5. The van der Waals surface area contributed by atoms with Crippen LogP contribution in [0.3, 0.4) is 0 Å². The molecule has 4 rings (SSSR count). The Morgan fingerprint density at radius 3 is 2.45 bits per heavy atom. The highest BCUT2D eigenvalue weighted by atomic mass is 16.5. The summed E-state index contributed by atoms with van der Waals surface area (Å²) in [6, 6.07) is 17.7. The molecule has 0 saturated carbocycles. The SMILES string of the molecule is COc1ccc(CC(=O)N[C@@H]2CCCN(c3cc(-c4ccc(OC)cc4)[nH]n3)C2)cc1. The number of aromatic nitrogens is 2. The summed E-state index contributed by atoms with van der Waals surface area (Å²) in [5.74, 6) is 2.56. The first-order chi connectivity index (χ1) is 15.1. The lowest BCUT2D eigenvalue weighted by Crippen LogP contribution is -2.48. The Balaban J connectivity index is 1.34. The van der Waals surface area contributed by atoms with Gasteiger partial charge in [-0.05, 0) is 60.4 Å². The van der Waals surface area contributed by atoms with Crippen LogP contribution in [-0.2, 0) is 11.2 Å². The van der Waals surface area contributed by atoms with E-state index in [1.807, 2.05) is 48.5 Å². The molecule has 2 aromatic carbocycles. The van der Waals surface area contributed by atoms with Gasteiger partial charge in [-0.15, -0.1) is 0 Å². The number of anilines is 1. The first-order valence-electron chi connectivity index (χ1n) is 10.5.